The lowest BCUT2D eigenvalue weighted by Crippen LogP contribution is -1.99. The lowest BCUT2D eigenvalue weighted by molar-refractivity contribution is 1.13. The van der Waals surface area contributed by atoms with Gasteiger partial charge in [-0.05, 0) is 66.7 Å². The Labute approximate surface area is 273 Å². The van der Waals surface area contributed by atoms with E-state index in [-0.39, 0.29) is 0 Å². The fourth-order valence-electron chi connectivity index (χ4n) is 7.60. The summed E-state index contributed by atoms with van der Waals surface area (Å²) in [6.45, 7) is 0. The maximum atomic E-state index is 3.89. The van der Waals surface area contributed by atoms with Crippen LogP contribution < -0.4 is 0 Å². The van der Waals surface area contributed by atoms with E-state index in [1.165, 1.54) is 65.4 Å². The normalized spacial score (nSPS) is 12.0. The first-order chi connectivity index (χ1) is 22.7. The number of hydrogen-bond donors (Lipinski definition) is 0. The second-order valence-corrected chi connectivity index (χ2v) is 12.9. The molecule has 0 aliphatic heterocycles. The van der Waals surface area contributed by atoms with Crippen LogP contribution in [-0.2, 0) is 0 Å². The summed E-state index contributed by atoms with van der Waals surface area (Å²) >= 11 is 3.89. The van der Waals surface area contributed by atoms with Gasteiger partial charge in [-0.3, -0.25) is 0 Å². The molecule has 3 aromatic heterocycles. The first kappa shape index (κ1) is 25.7. The Morgan fingerprint density at radius 2 is 0.609 bits per heavy atom. The highest BCUT2D eigenvalue weighted by molar-refractivity contribution is 9.10. The van der Waals surface area contributed by atoms with Gasteiger partial charge in [0, 0.05) is 53.9 Å². The van der Waals surface area contributed by atoms with E-state index in [2.05, 4.69) is 187 Å². The molecule has 3 nitrogen and oxygen atoms in total. The van der Waals surface area contributed by atoms with Crippen LogP contribution in [0.25, 0.3) is 82.5 Å². The van der Waals surface area contributed by atoms with Gasteiger partial charge in [-0.2, -0.15) is 0 Å². The van der Waals surface area contributed by atoms with Gasteiger partial charge in [0.15, 0.2) is 0 Å². The number of halogens is 1. The van der Waals surface area contributed by atoms with E-state index in [1.807, 2.05) is 0 Å². The first-order valence-corrected chi connectivity index (χ1v) is 16.4. The summed E-state index contributed by atoms with van der Waals surface area (Å²) < 4.78 is 8.22. The summed E-state index contributed by atoms with van der Waals surface area (Å²) in [5, 5.41) is 7.52. The van der Waals surface area contributed by atoms with Crippen LogP contribution in [0.4, 0.5) is 0 Å². The molecule has 0 fully saturated rings. The molecule has 0 spiro atoms. The predicted octanol–water partition coefficient (Wildman–Crippen LogP) is 11.7. The standard InChI is InChI=1S/C42H26BrN3/c43-27-23-29(45-39-18-8-3-13-33(39)34-14-4-9-19-40(34)45)25-30(24-27)46-41-20-10-5-15-35(41)36-26-28(21-22-42(36)46)44-37-16-6-1-11-31(37)32-12-2-7-17-38(32)44/h1-26H. The minimum absolute atomic E-state index is 1.04. The van der Waals surface area contributed by atoms with Crippen molar-refractivity contribution in [3.63, 3.8) is 0 Å². The van der Waals surface area contributed by atoms with Gasteiger partial charge < -0.3 is 13.7 Å². The SMILES string of the molecule is Brc1cc(-n2c3ccccc3c3ccccc32)cc(-n2c3ccccc3c3cc(-n4c5ccccc5c5ccccc54)ccc32)c1. The van der Waals surface area contributed by atoms with Crippen molar-refractivity contribution in [1.82, 2.24) is 13.7 Å². The summed E-state index contributed by atoms with van der Waals surface area (Å²) in [5.74, 6) is 0. The Kier molecular flexibility index (Phi) is 5.43. The van der Waals surface area contributed by atoms with Crippen molar-refractivity contribution in [2.24, 2.45) is 0 Å². The maximum Gasteiger partial charge on any atom is 0.0542 e. The second-order valence-electron chi connectivity index (χ2n) is 12.0. The minimum Gasteiger partial charge on any atom is -0.309 e. The third kappa shape index (κ3) is 3.59. The molecule has 3 heterocycles. The zero-order valence-electron chi connectivity index (χ0n) is 24.7. The molecular formula is C42H26BrN3. The molecule has 10 aromatic rings. The number of aromatic nitrogens is 3. The smallest absolute Gasteiger partial charge is 0.0542 e. The van der Waals surface area contributed by atoms with Gasteiger partial charge in [0.05, 0.1) is 33.1 Å². The molecule has 0 saturated carbocycles. The zero-order valence-corrected chi connectivity index (χ0v) is 26.3. The van der Waals surface area contributed by atoms with Crippen molar-refractivity contribution < 1.29 is 0 Å². The average Bonchev–Trinajstić information content (AvgIpc) is 3.74. The quantitative estimate of drug-likeness (QED) is 0.180. The highest BCUT2D eigenvalue weighted by Gasteiger charge is 2.18. The van der Waals surface area contributed by atoms with Crippen molar-refractivity contribution in [2.45, 2.75) is 0 Å². The van der Waals surface area contributed by atoms with Gasteiger partial charge in [0.1, 0.15) is 0 Å². The summed E-state index contributed by atoms with van der Waals surface area (Å²) in [7, 11) is 0. The largest absolute Gasteiger partial charge is 0.309 e. The maximum absolute atomic E-state index is 3.89. The lowest BCUT2D eigenvalue weighted by atomic mass is 10.1. The second kappa shape index (κ2) is 9.71. The van der Waals surface area contributed by atoms with Crippen LogP contribution in [0.3, 0.4) is 0 Å². The van der Waals surface area contributed by atoms with Crippen LogP contribution in [0.5, 0.6) is 0 Å². The number of nitrogens with zero attached hydrogens (tertiary/aromatic N) is 3. The lowest BCUT2D eigenvalue weighted by Gasteiger charge is -2.14. The Morgan fingerprint density at radius 3 is 1.02 bits per heavy atom. The van der Waals surface area contributed by atoms with E-state index in [1.54, 1.807) is 0 Å². The molecule has 216 valence electrons. The summed E-state index contributed by atoms with van der Waals surface area (Å²) in [4.78, 5) is 0. The minimum atomic E-state index is 1.04. The van der Waals surface area contributed by atoms with E-state index in [0.717, 1.165) is 21.5 Å². The van der Waals surface area contributed by atoms with Gasteiger partial charge in [-0.1, -0.05) is 107 Å². The molecule has 0 bridgehead atoms. The fraction of sp³-hybridized carbons (Fsp3) is 0. The van der Waals surface area contributed by atoms with Crippen molar-refractivity contribution in [3.8, 4) is 17.1 Å². The molecular weight excluding hydrogens is 626 g/mol. The number of fused-ring (bicyclic) bond motifs is 9. The summed E-state index contributed by atoms with van der Waals surface area (Å²) in [6.07, 6.45) is 0. The van der Waals surface area contributed by atoms with E-state index in [9.17, 15) is 0 Å². The molecule has 0 unspecified atom stereocenters. The van der Waals surface area contributed by atoms with Crippen LogP contribution in [0.15, 0.2) is 162 Å². The van der Waals surface area contributed by atoms with Crippen molar-refractivity contribution in [1.29, 1.82) is 0 Å². The predicted molar refractivity (Wildman–Crippen MR) is 197 cm³/mol. The average molecular weight is 653 g/mol. The number of rotatable bonds is 3. The molecule has 0 saturated heterocycles. The van der Waals surface area contributed by atoms with Gasteiger partial charge in [-0.15, -0.1) is 0 Å². The van der Waals surface area contributed by atoms with Crippen LogP contribution in [-0.4, -0.2) is 13.7 Å². The van der Waals surface area contributed by atoms with Crippen LogP contribution in [0, 0.1) is 0 Å². The Bertz CT molecular complexity index is 2720. The zero-order chi connectivity index (χ0) is 30.4. The van der Waals surface area contributed by atoms with Gasteiger partial charge in [0.2, 0.25) is 0 Å². The van der Waals surface area contributed by atoms with E-state index in [4.69, 9.17) is 0 Å². The van der Waals surface area contributed by atoms with E-state index >= 15 is 0 Å². The molecule has 0 aliphatic rings. The molecule has 10 rings (SSSR count). The Morgan fingerprint density at radius 1 is 0.283 bits per heavy atom. The Hall–Kier alpha value is -5.58. The van der Waals surface area contributed by atoms with Crippen LogP contribution in [0.1, 0.15) is 0 Å². The number of benzene rings is 7. The molecule has 0 N–H and O–H groups in total. The van der Waals surface area contributed by atoms with Gasteiger partial charge in [-0.25, -0.2) is 0 Å². The van der Waals surface area contributed by atoms with Crippen molar-refractivity contribution >= 4 is 81.3 Å². The van der Waals surface area contributed by atoms with E-state index in [0.29, 0.717) is 0 Å². The first-order valence-electron chi connectivity index (χ1n) is 15.6. The van der Waals surface area contributed by atoms with Crippen molar-refractivity contribution in [3.05, 3.63) is 162 Å². The van der Waals surface area contributed by atoms with Gasteiger partial charge in [0.25, 0.3) is 0 Å². The van der Waals surface area contributed by atoms with Gasteiger partial charge >= 0.3 is 0 Å². The third-order valence-corrected chi connectivity index (χ3v) is 9.92. The monoisotopic (exact) mass is 651 g/mol. The third-order valence-electron chi connectivity index (χ3n) is 9.46. The molecule has 7 aromatic carbocycles. The topological polar surface area (TPSA) is 14.8 Å². The van der Waals surface area contributed by atoms with Crippen LogP contribution >= 0.6 is 15.9 Å². The molecule has 4 heteroatoms. The molecule has 0 atom stereocenters. The molecule has 46 heavy (non-hydrogen) atoms. The number of hydrogen-bond acceptors (Lipinski definition) is 0. The molecule has 0 radical (unpaired) electrons. The summed E-state index contributed by atoms with van der Waals surface area (Å²) in [5.41, 5.74) is 10.6. The number of para-hydroxylation sites is 5. The van der Waals surface area contributed by atoms with Crippen LogP contribution in [0.2, 0.25) is 0 Å². The highest BCUT2D eigenvalue weighted by Crippen LogP contribution is 2.39. The fourth-order valence-corrected chi connectivity index (χ4v) is 8.07. The summed E-state index contributed by atoms with van der Waals surface area (Å²) in [6, 6.07) is 57.2. The molecule has 0 amide bonds. The Balaban J connectivity index is 1.24. The van der Waals surface area contributed by atoms with Crippen molar-refractivity contribution in [2.75, 3.05) is 0 Å². The molecule has 0 aliphatic carbocycles. The highest BCUT2D eigenvalue weighted by atomic mass is 79.9. The van der Waals surface area contributed by atoms with E-state index < -0.39 is 0 Å².